The van der Waals surface area contributed by atoms with Crippen molar-refractivity contribution in [2.75, 3.05) is 6.54 Å². The Morgan fingerprint density at radius 3 is 2.54 bits per heavy atom. The van der Waals surface area contributed by atoms with E-state index in [0.717, 1.165) is 6.54 Å². The van der Waals surface area contributed by atoms with Crippen molar-refractivity contribution in [2.24, 2.45) is 0 Å². The molecule has 0 aliphatic carbocycles. The summed E-state index contributed by atoms with van der Waals surface area (Å²) in [7, 11) is 0. The Hall–Kier alpha value is -1.08. The molecule has 1 aromatic rings. The van der Waals surface area contributed by atoms with E-state index in [9.17, 15) is 0 Å². The van der Waals surface area contributed by atoms with Gasteiger partial charge >= 0.3 is 0 Å². The van der Waals surface area contributed by atoms with Crippen LogP contribution >= 0.6 is 0 Å². The van der Waals surface area contributed by atoms with Crippen molar-refractivity contribution in [2.45, 2.75) is 19.9 Å². The normalized spacial score (nSPS) is 11.3. The summed E-state index contributed by atoms with van der Waals surface area (Å²) in [5.74, 6) is 0. The lowest BCUT2D eigenvalue weighted by Crippen LogP contribution is -2.22. The molecule has 0 radical (unpaired) electrons. The molecule has 0 aliphatic rings. The second-order valence-corrected chi connectivity index (χ2v) is 3.38. The molecule has 1 rings (SSSR count). The molecular weight excluding hydrogens is 158 g/mol. The Morgan fingerprint density at radius 2 is 1.92 bits per heavy atom. The first-order chi connectivity index (χ1) is 6.29. The highest BCUT2D eigenvalue weighted by molar-refractivity contribution is 5.48. The standard InChI is InChI=1S/C12H17N/c1-11(2)13-10-6-9-12-7-4-3-5-8-12/h3-9,11,13H,10H2,1-2H3. The quantitative estimate of drug-likeness (QED) is 0.742. The Bertz CT molecular complexity index is 249. The average molecular weight is 175 g/mol. The van der Waals surface area contributed by atoms with Gasteiger partial charge in [0.25, 0.3) is 0 Å². The Balaban J connectivity index is 2.33. The Morgan fingerprint density at radius 1 is 1.23 bits per heavy atom. The fourth-order valence-corrected chi connectivity index (χ4v) is 1.06. The fourth-order valence-electron chi connectivity index (χ4n) is 1.06. The first-order valence-corrected chi connectivity index (χ1v) is 4.74. The van der Waals surface area contributed by atoms with Gasteiger partial charge in [-0.25, -0.2) is 0 Å². The number of rotatable bonds is 4. The summed E-state index contributed by atoms with van der Waals surface area (Å²) >= 11 is 0. The lowest BCUT2D eigenvalue weighted by molar-refractivity contribution is 0.633. The first kappa shape index (κ1) is 10.0. The molecule has 0 unspecified atom stereocenters. The van der Waals surface area contributed by atoms with Gasteiger partial charge in [-0.1, -0.05) is 56.3 Å². The van der Waals surface area contributed by atoms with Crippen molar-refractivity contribution in [3.05, 3.63) is 42.0 Å². The van der Waals surface area contributed by atoms with Gasteiger partial charge in [0.05, 0.1) is 0 Å². The van der Waals surface area contributed by atoms with E-state index in [1.807, 2.05) is 6.07 Å². The molecule has 0 fully saturated rings. The average Bonchev–Trinajstić information content (AvgIpc) is 2.14. The molecule has 0 saturated carbocycles. The summed E-state index contributed by atoms with van der Waals surface area (Å²) < 4.78 is 0. The summed E-state index contributed by atoms with van der Waals surface area (Å²) in [5, 5.41) is 3.33. The van der Waals surface area contributed by atoms with E-state index in [1.54, 1.807) is 0 Å². The second-order valence-electron chi connectivity index (χ2n) is 3.38. The maximum atomic E-state index is 3.33. The molecule has 0 heterocycles. The van der Waals surface area contributed by atoms with Gasteiger partial charge in [0.15, 0.2) is 0 Å². The highest BCUT2D eigenvalue weighted by Gasteiger charge is 1.86. The molecule has 0 spiro atoms. The molecule has 0 bridgehead atoms. The van der Waals surface area contributed by atoms with Gasteiger partial charge in [0.2, 0.25) is 0 Å². The number of hydrogen-bond donors (Lipinski definition) is 1. The van der Waals surface area contributed by atoms with Crippen LogP contribution in [0.1, 0.15) is 19.4 Å². The van der Waals surface area contributed by atoms with E-state index in [4.69, 9.17) is 0 Å². The van der Waals surface area contributed by atoms with Gasteiger partial charge in [0.1, 0.15) is 0 Å². The topological polar surface area (TPSA) is 12.0 Å². The van der Waals surface area contributed by atoms with Crippen LogP contribution in [0.15, 0.2) is 36.4 Å². The minimum atomic E-state index is 0.556. The van der Waals surface area contributed by atoms with Crippen LogP contribution in [0.3, 0.4) is 0 Å². The first-order valence-electron chi connectivity index (χ1n) is 4.74. The maximum Gasteiger partial charge on any atom is 0.0140 e. The largest absolute Gasteiger partial charge is 0.311 e. The van der Waals surface area contributed by atoms with Gasteiger partial charge in [-0.15, -0.1) is 0 Å². The molecule has 0 atom stereocenters. The Labute approximate surface area is 80.5 Å². The molecule has 13 heavy (non-hydrogen) atoms. The molecule has 0 aromatic heterocycles. The molecule has 1 heteroatoms. The number of nitrogens with one attached hydrogen (secondary N) is 1. The predicted molar refractivity (Wildman–Crippen MR) is 58.6 cm³/mol. The SMILES string of the molecule is CC(C)NCC=Cc1ccccc1. The van der Waals surface area contributed by atoms with Crippen molar-refractivity contribution in [1.29, 1.82) is 0 Å². The van der Waals surface area contributed by atoms with E-state index in [0.29, 0.717) is 6.04 Å². The highest BCUT2D eigenvalue weighted by Crippen LogP contribution is 1.99. The van der Waals surface area contributed by atoms with Crippen LogP contribution in [0.4, 0.5) is 0 Å². The van der Waals surface area contributed by atoms with Gasteiger partial charge in [-0.05, 0) is 5.56 Å². The highest BCUT2D eigenvalue weighted by atomic mass is 14.9. The maximum absolute atomic E-state index is 3.33. The van der Waals surface area contributed by atoms with E-state index >= 15 is 0 Å². The third kappa shape index (κ3) is 4.48. The number of hydrogen-bond acceptors (Lipinski definition) is 1. The van der Waals surface area contributed by atoms with Gasteiger partial charge in [-0.2, -0.15) is 0 Å². The van der Waals surface area contributed by atoms with E-state index in [-0.39, 0.29) is 0 Å². The summed E-state index contributed by atoms with van der Waals surface area (Å²) in [6.45, 7) is 5.24. The van der Waals surface area contributed by atoms with Crippen molar-refractivity contribution in [1.82, 2.24) is 5.32 Å². The van der Waals surface area contributed by atoms with Crippen LogP contribution in [0.5, 0.6) is 0 Å². The molecule has 0 aliphatic heterocycles. The van der Waals surface area contributed by atoms with Crippen molar-refractivity contribution in [3.8, 4) is 0 Å². The van der Waals surface area contributed by atoms with Crippen LogP contribution < -0.4 is 5.32 Å². The van der Waals surface area contributed by atoms with Crippen LogP contribution in [0.25, 0.3) is 6.08 Å². The molecule has 0 amide bonds. The monoisotopic (exact) mass is 175 g/mol. The Kier molecular flexibility index (Phi) is 4.27. The third-order valence-electron chi connectivity index (χ3n) is 1.75. The molecule has 1 nitrogen and oxygen atoms in total. The van der Waals surface area contributed by atoms with Gasteiger partial charge in [-0.3, -0.25) is 0 Å². The summed E-state index contributed by atoms with van der Waals surface area (Å²) in [6, 6.07) is 10.9. The van der Waals surface area contributed by atoms with Gasteiger partial charge < -0.3 is 5.32 Å². The fraction of sp³-hybridized carbons (Fsp3) is 0.333. The summed E-state index contributed by atoms with van der Waals surface area (Å²) in [5.41, 5.74) is 1.26. The smallest absolute Gasteiger partial charge is 0.0140 e. The second kappa shape index (κ2) is 5.55. The van der Waals surface area contributed by atoms with Crippen LogP contribution in [0, 0.1) is 0 Å². The lowest BCUT2D eigenvalue weighted by Gasteiger charge is -2.03. The van der Waals surface area contributed by atoms with E-state index in [2.05, 4.69) is 55.6 Å². The summed E-state index contributed by atoms with van der Waals surface area (Å²) in [4.78, 5) is 0. The lowest BCUT2D eigenvalue weighted by atomic mass is 10.2. The van der Waals surface area contributed by atoms with E-state index < -0.39 is 0 Å². The summed E-state index contributed by atoms with van der Waals surface area (Å²) in [6.07, 6.45) is 4.28. The minimum absolute atomic E-state index is 0.556. The van der Waals surface area contributed by atoms with Gasteiger partial charge in [0, 0.05) is 12.6 Å². The zero-order valence-electron chi connectivity index (χ0n) is 8.33. The zero-order chi connectivity index (χ0) is 9.52. The zero-order valence-corrected chi connectivity index (χ0v) is 8.33. The predicted octanol–water partition coefficient (Wildman–Crippen LogP) is 2.70. The molecular formula is C12H17N. The van der Waals surface area contributed by atoms with Crippen LogP contribution in [0.2, 0.25) is 0 Å². The van der Waals surface area contributed by atoms with Crippen molar-refractivity contribution in [3.63, 3.8) is 0 Å². The van der Waals surface area contributed by atoms with Crippen LogP contribution in [-0.2, 0) is 0 Å². The molecule has 1 aromatic carbocycles. The number of benzene rings is 1. The third-order valence-corrected chi connectivity index (χ3v) is 1.75. The van der Waals surface area contributed by atoms with Crippen molar-refractivity contribution < 1.29 is 0 Å². The minimum Gasteiger partial charge on any atom is -0.311 e. The molecule has 1 N–H and O–H groups in total. The van der Waals surface area contributed by atoms with Crippen molar-refractivity contribution >= 4 is 6.08 Å². The molecule has 0 saturated heterocycles. The van der Waals surface area contributed by atoms with Crippen LogP contribution in [-0.4, -0.2) is 12.6 Å². The van der Waals surface area contributed by atoms with E-state index in [1.165, 1.54) is 5.56 Å². The molecule has 70 valence electrons.